The number of methoxy groups -OCH3 is 2. The lowest BCUT2D eigenvalue weighted by atomic mass is 9.79. The van der Waals surface area contributed by atoms with Crippen LogP contribution in [0.15, 0.2) is 91.0 Å². The third-order valence-corrected chi connectivity index (χ3v) is 7.10. The summed E-state index contributed by atoms with van der Waals surface area (Å²) in [7, 11) is 3.09. The van der Waals surface area contributed by atoms with Gasteiger partial charge < -0.3 is 19.7 Å². The van der Waals surface area contributed by atoms with Crippen LogP contribution in [0.1, 0.15) is 39.0 Å². The summed E-state index contributed by atoms with van der Waals surface area (Å²) in [4.78, 5) is 29.7. The van der Waals surface area contributed by atoms with Crippen molar-refractivity contribution in [3.05, 3.63) is 124 Å². The lowest BCUT2D eigenvalue weighted by Crippen LogP contribution is -2.45. The molecule has 0 aromatic heterocycles. The first-order valence-corrected chi connectivity index (χ1v) is 12.7. The van der Waals surface area contributed by atoms with E-state index in [2.05, 4.69) is 5.32 Å². The molecule has 1 aliphatic heterocycles. The van der Waals surface area contributed by atoms with Crippen LogP contribution >= 0.6 is 11.6 Å². The van der Waals surface area contributed by atoms with Gasteiger partial charge in [-0.15, -0.1) is 0 Å². The van der Waals surface area contributed by atoms with Gasteiger partial charge in [0.1, 0.15) is 17.3 Å². The van der Waals surface area contributed by atoms with Crippen molar-refractivity contribution in [2.45, 2.75) is 18.5 Å². The van der Waals surface area contributed by atoms with E-state index >= 15 is 0 Å². The third-order valence-electron chi connectivity index (χ3n) is 6.86. The molecule has 0 radical (unpaired) electrons. The van der Waals surface area contributed by atoms with E-state index in [1.807, 2.05) is 18.2 Å². The van der Waals surface area contributed by atoms with Gasteiger partial charge in [0.15, 0.2) is 0 Å². The minimum Gasteiger partial charge on any atom is -0.497 e. The van der Waals surface area contributed by atoms with Crippen molar-refractivity contribution in [2.75, 3.05) is 19.5 Å². The fourth-order valence-corrected chi connectivity index (χ4v) is 5.17. The summed E-state index contributed by atoms with van der Waals surface area (Å²) in [6.07, 6.45) is 0. The lowest BCUT2D eigenvalue weighted by molar-refractivity contribution is -0.119. The van der Waals surface area contributed by atoms with Gasteiger partial charge in [-0.25, -0.2) is 4.39 Å². The quantitative estimate of drug-likeness (QED) is 0.284. The number of anilines is 1. The molecule has 5 rings (SSSR count). The molecule has 0 bridgehead atoms. The van der Waals surface area contributed by atoms with Gasteiger partial charge in [0.05, 0.1) is 31.9 Å². The maximum absolute atomic E-state index is 14.1. The highest BCUT2D eigenvalue weighted by Crippen LogP contribution is 2.45. The average Bonchev–Trinajstić information content (AvgIpc) is 2.95. The van der Waals surface area contributed by atoms with E-state index in [0.717, 1.165) is 11.1 Å². The van der Waals surface area contributed by atoms with Crippen LogP contribution in [0.25, 0.3) is 0 Å². The van der Waals surface area contributed by atoms with E-state index in [-0.39, 0.29) is 24.2 Å². The Bertz CT molecular complexity index is 1510. The van der Waals surface area contributed by atoms with Crippen molar-refractivity contribution in [3.63, 3.8) is 0 Å². The van der Waals surface area contributed by atoms with Crippen molar-refractivity contribution < 1.29 is 23.5 Å². The van der Waals surface area contributed by atoms with Gasteiger partial charge >= 0.3 is 0 Å². The van der Waals surface area contributed by atoms with Crippen LogP contribution in [0.3, 0.4) is 0 Å². The molecule has 0 aliphatic carbocycles. The molecule has 0 unspecified atom stereocenters. The number of carbonyl (C=O) groups excluding carboxylic acids is 2. The summed E-state index contributed by atoms with van der Waals surface area (Å²) in [6, 6.07) is 24.7. The summed E-state index contributed by atoms with van der Waals surface area (Å²) in [5.74, 6) is -0.599. The molecule has 4 aromatic carbocycles. The SMILES string of the molecule is COc1ccc([C@H]2[C@@H](C(=O)Nc3cc(Cl)ccc3OC)c3ccccc3C(=O)N2Cc2ccc(F)cc2)cc1. The highest BCUT2D eigenvalue weighted by molar-refractivity contribution is 6.31. The molecule has 0 fully saturated rings. The Labute approximate surface area is 230 Å². The van der Waals surface area contributed by atoms with Crippen LogP contribution in [0.5, 0.6) is 11.5 Å². The first-order valence-electron chi connectivity index (χ1n) is 12.3. The van der Waals surface area contributed by atoms with Crippen LogP contribution in [0.4, 0.5) is 10.1 Å². The molecular weight excluding hydrogens is 519 g/mol. The van der Waals surface area contributed by atoms with Gasteiger partial charge in [0.25, 0.3) is 5.91 Å². The Kier molecular flexibility index (Phi) is 7.52. The second-order valence-corrected chi connectivity index (χ2v) is 9.61. The Hall–Kier alpha value is -4.36. The molecule has 198 valence electrons. The van der Waals surface area contributed by atoms with Crippen molar-refractivity contribution in [3.8, 4) is 11.5 Å². The Morgan fingerprint density at radius 1 is 0.949 bits per heavy atom. The van der Waals surface area contributed by atoms with E-state index in [4.69, 9.17) is 21.1 Å². The number of fused-ring (bicyclic) bond motifs is 1. The van der Waals surface area contributed by atoms with Gasteiger partial charge in [0.2, 0.25) is 5.91 Å². The molecule has 1 N–H and O–H groups in total. The Morgan fingerprint density at radius 2 is 1.67 bits per heavy atom. The van der Waals surface area contributed by atoms with Crippen molar-refractivity contribution in [1.82, 2.24) is 4.90 Å². The number of amides is 2. The number of ether oxygens (including phenoxy) is 2. The maximum Gasteiger partial charge on any atom is 0.255 e. The predicted octanol–water partition coefficient (Wildman–Crippen LogP) is 6.62. The minimum absolute atomic E-state index is 0.175. The number of benzene rings is 4. The average molecular weight is 545 g/mol. The number of hydrogen-bond donors (Lipinski definition) is 1. The van der Waals surface area contributed by atoms with Gasteiger partial charge in [-0.3, -0.25) is 9.59 Å². The van der Waals surface area contributed by atoms with E-state index in [0.29, 0.717) is 33.3 Å². The van der Waals surface area contributed by atoms with Gasteiger partial charge in [-0.1, -0.05) is 54.1 Å². The van der Waals surface area contributed by atoms with E-state index in [1.54, 1.807) is 72.7 Å². The number of halogens is 2. The topological polar surface area (TPSA) is 67.9 Å². The highest BCUT2D eigenvalue weighted by atomic mass is 35.5. The molecule has 0 spiro atoms. The monoisotopic (exact) mass is 544 g/mol. The van der Waals surface area contributed by atoms with Crippen LogP contribution in [0, 0.1) is 5.82 Å². The van der Waals surface area contributed by atoms with Gasteiger partial charge in [0, 0.05) is 17.1 Å². The summed E-state index contributed by atoms with van der Waals surface area (Å²) in [5, 5.41) is 3.42. The molecule has 2 amide bonds. The minimum atomic E-state index is -0.781. The van der Waals surface area contributed by atoms with Gasteiger partial charge in [-0.2, -0.15) is 0 Å². The summed E-state index contributed by atoms with van der Waals surface area (Å²) >= 11 is 6.22. The van der Waals surface area contributed by atoms with E-state index in [1.165, 1.54) is 19.2 Å². The zero-order valence-corrected chi connectivity index (χ0v) is 22.1. The number of nitrogens with zero attached hydrogens (tertiary/aromatic N) is 1. The molecule has 39 heavy (non-hydrogen) atoms. The molecule has 4 aromatic rings. The van der Waals surface area contributed by atoms with E-state index in [9.17, 15) is 14.0 Å². The standard InChI is InChI=1S/C31H26ClFN2O4/c1-38-23-14-9-20(10-15-23)29-28(30(36)34-26-17-21(32)11-16-27(26)39-2)24-5-3-4-6-25(24)31(37)35(29)18-19-7-12-22(33)13-8-19/h3-17,28-29H,18H2,1-2H3,(H,34,36)/t28-,29-/m0/s1. The summed E-state index contributed by atoms with van der Waals surface area (Å²) in [6.45, 7) is 0.175. The zero-order chi connectivity index (χ0) is 27.5. The maximum atomic E-state index is 14.1. The summed E-state index contributed by atoms with van der Waals surface area (Å²) < 4.78 is 24.4. The third kappa shape index (κ3) is 5.31. The number of hydrogen-bond acceptors (Lipinski definition) is 4. The Balaban J connectivity index is 1.64. The Morgan fingerprint density at radius 3 is 2.36 bits per heavy atom. The molecule has 1 aliphatic rings. The second-order valence-electron chi connectivity index (χ2n) is 9.18. The predicted molar refractivity (Wildman–Crippen MR) is 148 cm³/mol. The van der Waals surface area contributed by atoms with Crippen molar-refractivity contribution in [1.29, 1.82) is 0 Å². The zero-order valence-electron chi connectivity index (χ0n) is 21.4. The first-order chi connectivity index (χ1) is 18.9. The second kappa shape index (κ2) is 11.2. The molecule has 0 saturated heterocycles. The molecule has 6 nitrogen and oxygen atoms in total. The first kappa shape index (κ1) is 26.3. The van der Waals surface area contributed by atoms with Crippen molar-refractivity contribution >= 4 is 29.1 Å². The lowest BCUT2D eigenvalue weighted by Gasteiger charge is -2.42. The molecule has 8 heteroatoms. The smallest absolute Gasteiger partial charge is 0.255 e. The van der Waals surface area contributed by atoms with Crippen LogP contribution in [-0.4, -0.2) is 30.9 Å². The largest absolute Gasteiger partial charge is 0.497 e. The molecule has 0 saturated carbocycles. The van der Waals surface area contributed by atoms with Crippen LogP contribution in [-0.2, 0) is 11.3 Å². The van der Waals surface area contributed by atoms with Gasteiger partial charge in [-0.05, 0) is 65.2 Å². The molecule has 2 atom stereocenters. The summed E-state index contributed by atoms with van der Waals surface area (Å²) in [5.41, 5.74) is 2.94. The highest BCUT2D eigenvalue weighted by Gasteiger charge is 2.44. The van der Waals surface area contributed by atoms with E-state index < -0.39 is 12.0 Å². The van der Waals surface area contributed by atoms with Crippen LogP contribution < -0.4 is 14.8 Å². The number of carbonyl (C=O) groups is 2. The molecule has 1 heterocycles. The normalized spacial score (nSPS) is 16.4. The fourth-order valence-electron chi connectivity index (χ4n) is 5.00. The van der Waals surface area contributed by atoms with Crippen molar-refractivity contribution in [2.24, 2.45) is 0 Å². The fraction of sp³-hybridized carbons (Fsp3) is 0.161. The van der Waals surface area contributed by atoms with Crippen LogP contribution in [0.2, 0.25) is 5.02 Å². The number of nitrogens with one attached hydrogen (secondary N) is 1. The number of rotatable bonds is 7. The molecular formula is C31H26ClFN2O4.